The van der Waals surface area contributed by atoms with Gasteiger partial charge in [0.25, 0.3) is 0 Å². The van der Waals surface area contributed by atoms with Crippen LogP contribution in [0.1, 0.15) is 20.8 Å². The number of hydrogen-bond acceptors (Lipinski definition) is 4. The standard InChI is InChI=1S/C16H25N3O4S/c1-16(2,3)17-15(20)18-9-11-19(12-10-18)24(21,22)14-7-5-13(23-4)6-8-14/h5-8H,9-12H2,1-4H3,(H,17,20). The van der Waals surface area contributed by atoms with Gasteiger partial charge in [0.15, 0.2) is 0 Å². The predicted molar refractivity (Wildman–Crippen MR) is 91.6 cm³/mol. The van der Waals surface area contributed by atoms with Crippen LogP contribution >= 0.6 is 0 Å². The molecule has 134 valence electrons. The van der Waals surface area contributed by atoms with E-state index in [0.717, 1.165) is 0 Å². The molecule has 2 amide bonds. The van der Waals surface area contributed by atoms with Crippen LogP contribution in [0.5, 0.6) is 5.75 Å². The van der Waals surface area contributed by atoms with Gasteiger partial charge in [-0.3, -0.25) is 0 Å². The lowest BCUT2D eigenvalue weighted by atomic mass is 10.1. The van der Waals surface area contributed by atoms with Crippen LogP contribution in [0.25, 0.3) is 0 Å². The van der Waals surface area contributed by atoms with Crippen LogP contribution in [0.3, 0.4) is 0 Å². The van der Waals surface area contributed by atoms with Crippen molar-refractivity contribution in [3.8, 4) is 5.75 Å². The number of amides is 2. The Balaban J connectivity index is 2.01. The highest BCUT2D eigenvalue weighted by atomic mass is 32.2. The molecule has 24 heavy (non-hydrogen) atoms. The minimum atomic E-state index is -3.55. The second-order valence-corrected chi connectivity index (χ2v) is 8.68. The maximum absolute atomic E-state index is 12.7. The number of carbonyl (C=O) groups excluding carboxylic acids is 1. The zero-order valence-corrected chi connectivity index (χ0v) is 15.4. The lowest BCUT2D eigenvalue weighted by Crippen LogP contribution is -2.55. The van der Waals surface area contributed by atoms with E-state index in [2.05, 4.69) is 5.32 Å². The summed E-state index contributed by atoms with van der Waals surface area (Å²) in [7, 11) is -2.02. The highest BCUT2D eigenvalue weighted by molar-refractivity contribution is 7.89. The largest absolute Gasteiger partial charge is 0.497 e. The molecule has 0 unspecified atom stereocenters. The van der Waals surface area contributed by atoms with E-state index in [1.807, 2.05) is 20.8 Å². The molecule has 0 atom stereocenters. The van der Waals surface area contributed by atoms with Gasteiger partial charge in [-0.2, -0.15) is 4.31 Å². The monoisotopic (exact) mass is 355 g/mol. The molecule has 0 bridgehead atoms. The molecule has 0 aliphatic carbocycles. The van der Waals surface area contributed by atoms with Crippen molar-refractivity contribution in [1.82, 2.24) is 14.5 Å². The molecule has 1 aromatic rings. The number of piperazine rings is 1. The van der Waals surface area contributed by atoms with E-state index >= 15 is 0 Å². The zero-order chi connectivity index (χ0) is 18.0. The molecule has 8 heteroatoms. The Bertz CT molecular complexity index is 672. The van der Waals surface area contributed by atoms with E-state index in [9.17, 15) is 13.2 Å². The molecule has 0 spiro atoms. The Kier molecular flexibility index (Phi) is 5.39. The lowest BCUT2D eigenvalue weighted by molar-refractivity contribution is 0.165. The molecule has 1 N–H and O–H groups in total. The van der Waals surface area contributed by atoms with Crippen LogP contribution in [0, 0.1) is 0 Å². The molecule has 7 nitrogen and oxygen atoms in total. The number of rotatable bonds is 3. The SMILES string of the molecule is COc1ccc(S(=O)(=O)N2CCN(C(=O)NC(C)(C)C)CC2)cc1. The third-order valence-electron chi connectivity index (χ3n) is 3.70. The van der Waals surface area contributed by atoms with Gasteiger partial charge >= 0.3 is 6.03 Å². The summed E-state index contributed by atoms with van der Waals surface area (Å²) in [4.78, 5) is 14.0. The molecule has 0 aromatic heterocycles. The number of carbonyl (C=O) groups is 1. The maximum Gasteiger partial charge on any atom is 0.317 e. The van der Waals surface area contributed by atoms with E-state index in [-0.39, 0.29) is 29.6 Å². The van der Waals surface area contributed by atoms with Gasteiger partial charge in [-0.1, -0.05) is 0 Å². The summed E-state index contributed by atoms with van der Waals surface area (Å²) in [6.45, 7) is 7.05. The van der Waals surface area contributed by atoms with Crippen LogP contribution in [0.4, 0.5) is 4.79 Å². The van der Waals surface area contributed by atoms with Gasteiger partial charge in [-0.15, -0.1) is 0 Å². The van der Waals surface area contributed by atoms with Gasteiger partial charge in [0.05, 0.1) is 12.0 Å². The topological polar surface area (TPSA) is 79.0 Å². The van der Waals surface area contributed by atoms with E-state index in [4.69, 9.17) is 4.74 Å². The van der Waals surface area contributed by atoms with Crippen molar-refractivity contribution < 1.29 is 17.9 Å². The van der Waals surface area contributed by atoms with Crippen LogP contribution in [-0.2, 0) is 10.0 Å². The Morgan fingerprint density at radius 3 is 2.08 bits per heavy atom. The van der Waals surface area contributed by atoms with Crippen LogP contribution in [0.15, 0.2) is 29.2 Å². The molecule has 1 fully saturated rings. The number of methoxy groups -OCH3 is 1. The van der Waals surface area contributed by atoms with Crippen molar-refractivity contribution in [2.75, 3.05) is 33.3 Å². The fourth-order valence-electron chi connectivity index (χ4n) is 2.43. The van der Waals surface area contributed by atoms with E-state index < -0.39 is 10.0 Å². The molecule has 1 saturated heterocycles. The van der Waals surface area contributed by atoms with Gasteiger partial charge < -0.3 is 15.0 Å². The Morgan fingerprint density at radius 2 is 1.62 bits per heavy atom. The Labute approximate surface area is 143 Å². The number of ether oxygens (including phenoxy) is 1. The van der Waals surface area contributed by atoms with Gasteiger partial charge in [-0.05, 0) is 45.0 Å². The van der Waals surface area contributed by atoms with Crippen molar-refractivity contribution in [2.45, 2.75) is 31.2 Å². The van der Waals surface area contributed by atoms with E-state index in [1.54, 1.807) is 17.0 Å². The fraction of sp³-hybridized carbons (Fsp3) is 0.562. The quantitative estimate of drug-likeness (QED) is 0.891. The minimum Gasteiger partial charge on any atom is -0.497 e. The Morgan fingerprint density at radius 1 is 1.08 bits per heavy atom. The summed E-state index contributed by atoms with van der Waals surface area (Å²) in [6, 6.07) is 6.16. The van der Waals surface area contributed by atoms with Crippen LogP contribution in [-0.4, -0.2) is 62.5 Å². The number of benzene rings is 1. The van der Waals surface area contributed by atoms with Crippen LogP contribution in [0.2, 0.25) is 0 Å². The number of urea groups is 1. The molecule has 1 aromatic carbocycles. The van der Waals surface area contributed by atoms with Crippen molar-refractivity contribution in [3.05, 3.63) is 24.3 Å². The fourth-order valence-corrected chi connectivity index (χ4v) is 3.85. The number of nitrogens with one attached hydrogen (secondary N) is 1. The van der Waals surface area contributed by atoms with E-state index in [1.165, 1.54) is 23.5 Å². The second kappa shape index (κ2) is 6.98. The normalized spacial score (nSPS) is 16.8. The number of hydrogen-bond donors (Lipinski definition) is 1. The lowest BCUT2D eigenvalue weighted by Gasteiger charge is -2.35. The first kappa shape index (κ1) is 18.5. The van der Waals surface area contributed by atoms with E-state index in [0.29, 0.717) is 18.8 Å². The molecule has 2 rings (SSSR count). The average molecular weight is 355 g/mol. The van der Waals surface area contributed by atoms with Crippen molar-refractivity contribution in [2.24, 2.45) is 0 Å². The Hall–Kier alpha value is -1.80. The average Bonchev–Trinajstić information content (AvgIpc) is 2.53. The molecular formula is C16H25N3O4S. The molecule has 0 saturated carbocycles. The van der Waals surface area contributed by atoms with Gasteiger partial charge in [0, 0.05) is 31.7 Å². The summed E-state index contributed by atoms with van der Waals surface area (Å²) in [5.74, 6) is 0.609. The molecule has 1 aliphatic heterocycles. The predicted octanol–water partition coefficient (Wildman–Crippen LogP) is 1.51. The number of sulfonamides is 1. The third-order valence-corrected chi connectivity index (χ3v) is 5.62. The summed E-state index contributed by atoms with van der Waals surface area (Å²) in [5.41, 5.74) is -0.316. The summed E-state index contributed by atoms with van der Waals surface area (Å²) >= 11 is 0. The molecule has 0 radical (unpaired) electrons. The maximum atomic E-state index is 12.7. The van der Waals surface area contributed by atoms with Gasteiger partial charge in [0.2, 0.25) is 10.0 Å². The van der Waals surface area contributed by atoms with Crippen LogP contribution < -0.4 is 10.1 Å². The van der Waals surface area contributed by atoms with Crippen molar-refractivity contribution in [3.63, 3.8) is 0 Å². The van der Waals surface area contributed by atoms with Gasteiger partial charge in [-0.25, -0.2) is 13.2 Å². The van der Waals surface area contributed by atoms with Crippen molar-refractivity contribution in [1.29, 1.82) is 0 Å². The molecule has 1 aliphatic rings. The molecule has 1 heterocycles. The van der Waals surface area contributed by atoms with Crippen molar-refractivity contribution >= 4 is 16.1 Å². The van der Waals surface area contributed by atoms with Gasteiger partial charge in [0.1, 0.15) is 5.75 Å². The summed E-state index contributed by atoms with van der Waals surface area (Å²) in [6.07, 6.45) is 0. The smallest absolute Gasteiger partial charge is 0.317 e. The first-order valence-corrected chi connectivity index (χ1v) is 9.29. The third kappa shape index (κ3) is 4.39. The zero-order valence-electron chi connectivity index (χ0n) is 14.6. The highest BCUT2D eigenvalue weighted by Gasteiger charge is 2.30. The first-order valence-electron chi connectivity index (χ1n) is 7.85. The summed E-state index contributed by atoms with van der Waals surface area (Å²) in [5, 5.41) is 2.89. The first-order chi connectivity index (χ1) is 11.1. The minimum absolute atomic E-state index is 0.163. The number of nitrogens with zero attached hydrogens (tertiary/aromatic N) is 2. The molecular weight excluding hydrogens is 330 g/mol. The highest BCUT2D eigenvalue weighted by Crippen LogP contribution is 2.20. The second-order valence-electron chi connectivity index (χ2n) is 6.75. The summed E-state index contributed by atoms with van der Waals surface area (Å²) < 4.78 is 31.8.